The average Bonchev–Trinajstić information content (AvgIpc) is 2.52. The van der Waals surface area contributed by atoms with Crippen LogP contribution >= 0.6 is 0 Å². The number of carbonyl (C=O) groups is 1. The molecular formula is C17H23N3O2. The fourth-order valence-corrected chi connectivity index (χ4v) is 3.06. The van der Waals surface area contributed by atoms with Crippen LogP contribution in [0.25, 0.3) is 0 Å². The second kappa shape index (κ2) is 6.48. The molecule has 0 bridgehead atoms. The lowest BCUT2D eigenvalue weighted by molar-refractivity contribution is -0.133. The van der Waals surface area contributed by atoms with E-state index in [0.717, 1.165) is 43.0 Å². The molecule has 1 aromatic carbocycles. The summed E-state index contributed by atoms with van der Waals surface area (Å²) in [5, 5.41) is 6.32. The molecule has 22 heavy (non-hydrogen) atoms. The third kappa shape index (κ3) is 3.30. The van der Waals surface area contributed by atoms with Gasteiger partial charge in [0.1, 0.15) is 0 Å². The number of amides is 1. The molecule has 118 valence electrons. The number of nitrogen functional groups attached to an aromatic ring is 1. The Balaban J connectivity index is 1.79. The van der Waals surface area contributed by atoms with Gasteiger partial charge in [-0.05, 0) is 36.5 Å². The van der Waals surface area contributed by atoms with Crippen LogP contribution < -0.4 is 5.73 Å². The van der Waals surface area contributed by atoms with Crippen LogP contribution in [-0.2, 0) is 9.53 Å². The molecule has 0 saturated carbocycles. The van der Waals surface area contributed by atoms with Gasteiger partial charge in [0.05, 0.1) is 5.71 Å². The van der Waals surface area contributed by atoms with Crippen molar-refractivity contribution in [2.75, 3.05) is 25.5 Å². The minimum Gasteiger partial charge on any atom is -0.399 e. The molecule has 2 heterocycles. The van der Waals surface area contributed by atoms with Crippen LogP contribution in [0, 0.1) is 11.8 Å². The number of carbonyl (C=O) groups excluding carboxylic acids is 1. The minimum atomic E-state index is 0.123. The molecule has 2 N–H and O–H groups in total. The van der Waals surface area contributed by atoms with Gasteiger partial charge in [0, 0.05) is 37.8 Å². The third-order valence-corrected chi connectivity index (χ3v) is 4.44. The van der Waals surface area contributed by atoms with Crippen molar-refractivity contribution in [1.29, 1.82) is 0 Å². The van der Waals surface area contributed by atoms with E-state index in [1.54, 1.807) is 5.01 Å². The Bertz CT molecular complexity index is 562. The first-order valence-corrected chi connectivity index (χ1v) is 7.96. The zero-order chi connectivity index (χ0) is 15.5. The molecule has 2 aliphatic heterocycles. The van der Waals surface area contributed by atoms with Crippen LogP contribution in [0.15, 0.2) is 29.4 Å². The molecule has 1 atom stereocenters. The smallest absolute Gasteiger partial charge is 0.243 e. The minimum absolute atomic E-state index is 0.123. The summed E-state index contributed by atoms with van der Waals surface area (Å²) in [5.74, 6) is 0.753. The second-order valence-electron chi connectivity index (χ2n) is 6.24. The van der Waals surface area contributed by atoms with Crippen LogP contribution in [0.3, 0.4) is 0 Å². The van der Waals surface area contributed by atoms with Gasteiger partial charge in [-0.15, -0.1) is 0 Å². The number of anilines is 1. The number of ether oxygens (including phenoxy) is 1. The van der Waals surface area contributed by atoms with E-state index in [9.17, 15) is 4.79 Å². The van der Waals surface area contributed by atoms with Crippen molar-refractivity contribution in [3.8, 4) is 0 Å². The number of nitrogens with two attached hydrogens (primary N) is 1. The standard InChI is InChI=1S/C17H23N3O2/c1-12-10-16(21)20(11-13-6-8-22-9-7-13)19-17(12)14-2-4-15(18)5-3-14/h2-5,12-13H,6-11,18H2,1H3/t12-/m1/s1. The largest absolute Gasteiger partial charge is 0.399 e. The third-order valence-electron chi connectivity index (χ3n) is 4.44. The molecule has 0 aliphatic carbocycles. The van der Waals surface area contributed by atoms with E-state index in [4.69, 9.17) is 10.5 Å². The maximum atomic E-state index is 12.3. The first-order chi connectivity index (χ1) is 10.6. The average molecular weight is 301 g/mol. The quantitative estimate of drug-likeness (QED) is 0.871. The highest BCUT2D eigenvalue weighted by Gasteiger charge is 2.29. The normalized spacial score (nSPS) is 23.5. The number of hydrogen-bond donors (Lipinski definition) is 1. The molecule has 5 heteroatoms. The molecular weight excluding hydrogens is 278 g/mol. The van der Waals surface area contributed by atoms with Crippen LogP contribution in [0.5, 0.6) is 0 Å². The van der Waals surface area contributed by atoms with E-state index < -0.39 is 0 Å². The molecule has 0 aromatic heterocycles. The molecule has 0 radical (unpaired) electrons. The zero-order valence-electron chi connectivity index (χ0n) is 13.0. The van der Waals surface area contributed by atoms with Crippen LogP contribution in [0.2, 0.25) is 0 Å². The number of rotatable bonds is 3. The highest BCUT2D eigenvalue weighted by atomic mass is 16.5. The SMILES string of the molecule is C[C@@H]1CC(=O)N(CC2CCOCC2)N=C1c1ccc(N)cc1. The van der Waals surface area contributed by atoms with Gasteiger partial charge in [0.2, 0.25) is 5.91 Å². The molecule has 5 nitrogen and oxygen atoms in total. The summed E-state index contributed by atoms with van der Waals surface area (Å²) in [6.07, 6.45) is 2.53. The number of hydrazone groups is 1. The maximum Gasteiger partial charge on any atom is 0.243 e. The molecule has 1 amide bonds. The van der Waals surface area contributed by atoms with Gasteiger partial charge < -0.3 is 10.5 Å². The van der Waals surface area contributed by atoms with Gasteiger partial charge >= 0.3 is 0 Å². The Morgan fingerprint density at radius 2 is 1.95 bits per heavy atom. The maximum absolute atomic E-state index is 12.3. The Labute approximate surface area is 131 Å². The lowest BCUT2D eigenvalue weighted by Crippen LogP contribution is -2.40. The lowest BCUT2D eigenvalue weighted by Gasteiger charge is -2.31. The Hall–Kier alpha value is -1.88. The molecule has 0 spiro atoms. The predicted molar refractivity (Wildman–Crippen MR) is 86.4 cm³/mol. The van der Waals surface area contributed by atoms with E-state index in [2.05, 4.69) is 12.0 Å². The Morgan fingerprint density at radius 3 is 2.64 bits per heavy atom. The molecule has 1 fully saturated rings. The van der Waals surface area contributed by atoms with E-state index in [1.807, 2.05) is 24.3 Å². The van der Waals surface area contributed by atoms with Gasteiger partial charge in [-0.1, -0.05) is 19.1 Å². The highest BCUT2D eigenvalue weighted by molar-refractivity contribution is 6.05. The number of benzene rings is 1. The predicted octanol–water partition coefficient (Wildman–Crippen LogP) is 2.27. The summed E-state index contributed by atoms with van der Waals surface area (Å²) in [7, 11) is 0. The topological polar surface area (TPSA) is 67.9 Å². The molecule has 3 rings (SSSR count). The van der Waals surface area contributed by atoms with E-state index >= 15 is 0 Å². The van der Waals surface area contributed by atoms with E-state index in [1.165, 1.54) is 0 Å². The molecule has 2 aliphatic rings. The Morgan fingerprint density at radius 1 is 1.27 bits per heavy atom. The first-order valence-electron chi connectivity index (χ1n) is 7.96. The first kappa shape index (κ1) is 15.0. The van der Waals surface area contributed by atoms with Gasteiger partial charge in [0.15, 0.2) is 0 Å². The summed E-state index contributed by atoms with van der Waals surface area (Å²) in [6, 6.07) is 7.72. The highest BCUT2D eigenvalue weighted by Crippen LogP contribution is 2.24. The second-order valence-corrected chi connectivity index (χ2v) is 6.24. The Kier molecular flexibility index (Phi) is 4.43. The van der Waals surface area contributed by atoms with Gasteiger partial charge in [-0.3, -0.25) is 4.79 Å². The zero-order valence-corrected chi connectivity index (χ0v) is 13.0. The van der Waals surface area contributed by atoms with Crippen molar-refractivity contribution in [1.82, 2.24) is 5.01 Å². The number of nitrogens with zero attached hydrogens (tertiary/aromatic N) is 2. The summed E-state index contributed by atoms with van der Waals surface area (Å²) in [6.45, 7) is 4.33. The molecule has 1 aromatic rings. The summed E-state index contributed by atoms with van der Waals surface area (Å²) in [5.41, 5.74) is 8.51. The van der Waals surface area contributed by atoms with Crippen LogP contribution in [0.4, 0.5) is 5.69 Å². The van der Waals surface area contributed by atoms with Crippen molar-refractivity contribution >= 4 is 17.3 Å². The van der Waals surface area contributed by atoms with Gasteiger partial charge in [-0.2, -0.15) is 5.10 Å². The molecule has 1 saturated heterocycles. The fourth-order valence-electron chi connectivity index (χ4n) is 3.06. The van der Waals surface area contributed by atoms with Crippen molar-refractivity contribution < 1.29 is 9.53 Å². The van der Waals surface area contributed by atoms with E-state index in [0.29, 0.717) is 18.9 Å². The van der Waals surface area contributed by atoms with Gasteiger partial charge in [-0.25, -0.2) is 5.01 Å². The van der Waals surface area contributed by atoms with Crippen molar-refractivity contribution in [3.63, 3.8) is 0 Å². The fraction of sp³-hybridized carbons (Fsp3) is 0.529. The summed E-state index contributed by atoms with van der Waals surface area (Å²) >= 11 is 0. The van der Waals surface area contributed by atoms with Crippen molar-refractivity contribution in [2.24, 2.45) is 16.9 Å². The van der Waals surface area contributed by atoms with Crippen LogP contribution in [0.1, 0.15) is 31.7 Å². The van der Waals surface area contributed by atoms with Crippen LogP contribution in [-0.4, -0.2) is 36.4 Å². The monoisotopic (exact) mass is 301 g/mol. The van der Waals surface area contributed by atoms with Crippen molar-refractivity contribution in [3.05, 3.63) is 29.8 Å². The van der Waals surface area contributed by atoms with E-state index in [-0.39, 0.29) is 11.8 Å². The molecule has 0 unspecified atom stereocenters. The lowest BCUT2D eigenvalue weighted by atomic mass is 9.93. The summed E-state index contributed by atoms with van der Waals surface area (Å²) in [4.78, 5) is 12.3. The number of hydrogen-bond acceptors (Lipinski definition) is 4. The van der Waals surface area contributed by atoms with Crippen molar-refractivity contribution in [2.45, 2.75) is 26.2 Å². The van der Waals surface area contributed by atoms with Gasteiger partial charge in [0.25, 0.3) is 0 Å². The summed E-state index contributed by atoms with van der Waals surface area (Å²) < 4.78 is 5.38.